The average Bonchev–Trinajstić information content (AvgIpc) is 3.32. The molecule has 1 N–H and O–H groups in total. The third kappa shape index (κ3) is 3.81. The van der Waals surface area contributed by atoms with Crippen molar-refractivity contribution in [1.82, 2.24) is 25.1 Å². The predicted octanol–water partition coefficient (Wildman–Crippen LogP) is 3.86. The first kappa shape index (κ1) is 17.9. The Labute approximate surface area is 165 Å². The van der Waals surface area contributed by atoms with Crippen molar-refractivity contribution in [1.29, 1.82) is 0 Å². The summed E-state index contributed by atoms with van der Waals surface area (Å²) in [7, 11) is 0. The van der Waals surface area contributed by atoms with Crippen LogP contribution in [-0.2, 0) is 17.9 Å². The number of thiophene rings is 1. The maximum Gasteiger partial charge on any atom is 0.230 e. The number of aryl methyl sites for hydroxylation is 1. The molecule has 4 rings (SSSR count). The van der Waals surface area contributed by atoms with Crippen LogP contribution in [0.4, 0.5) is 0 Å². The fourth-order valence-corrected chi connectivity index (χ4v) is 4.24. The fraction of sp³-hybridized carbons (Fsp3) is 0.263. The van der Waals surface area contributed by atoms with Crippen molar-refractivity contribution in [2.45, 2.75) is 31.6 Å². The topological polar surface area (TPSA) is 72.7 Å². The van der Waals surface area contributed by atoms with Gasteiger partial charge >= 0.3 is 0 Å². The van der Waals surface area contributed by atoms with Crippen LogP contribution < -0.4 is 5.32 Å². The number of aromatic nitrogens is 4. The van der Waals surface area contributed by atoms with Crippen LogP contribution in [0.15, 0.2) is 46.9 Å². The summed E-state index contributed by atoms with van der Waals surface area (Å²) < 4.78 is 2.18. The van der Waals surface area contributed by atoms with Gasteiger partial charge in [0.25, 0.3) is 0 Å². The fourth-order valence-electron chi connectivity index (χ4n) is 2.98. The van der Waals surface area contributed by atoms with Crippen molar-refractivity contribution in [2.75, 3.05) is 5.75 Å². The molecule has 1 amide bonds. The molecule has 0 saturated heterocycles. The van der Waals surface area contributed by atoms with Crippen molar-refractivity contribution in [3.05, 3.63) is 46.7 Å². The van der Waals surface area contributed by atoms with Crippen molar-refractivity contribution in [3.8, 4) is 0 Å². The highest BCUT2D eigenvalue weighted by Gasteiger charge is 2.15. The normalized spacial score (nSPS) is 11.3. The number of carbonyl (C=O) groups is 1. The molecule has 0 radical (unpaired) electrons. The minimum Gasteiger partial charge on any atom is -0.350 e. The molecule has 0 atom stereocenters. The van der Waals surface area contributed by atoms with Gasteiger partial charge in [-0.1, -0.05) is 43.0 Å². The minimum absolute atomic E-state index is 0.0359. The van der Waals surface area contributed by atoms with Gasteiger partial charge in [-0.25, -0.2) is 4.98 Å². The molecule has 0 spiro atoms. The number of para-hydroxylation sites is 1. The molecule has 8 heteroatoms. The van der Waals surface area contributed by atoms with Gasteiger partial charge in [0.05, 0.1) is 17.8 Å². The third-order valence-electron chi connectivity index (χ3n) is 4.17. The van der Waals surface area contributed by atoms with Crippen LogP contribution in [-0.4, -0.2) is 31.4 Å². The Morgan fingerprint density at radius 3 is 2.93 bits per heavy atom. The molecule has 0 bridgehead atoms. The van der Waals surface area contributed by atoms with Crippen LogP contribution in [0.1, 0.15) is 18.2 Å². The SMILES string of the molecule is CCCn1c2ccccc2c2nnc(SCC(=O)NCc3cccs3)nc21. The zero-order valence-electron chi connectivity index (χ0n) is 14.9. The van der Waals surface area contributed by atoms with Gasteiger partial charge in [-0.15, -0.1) is 21.5 Å². The first-order valence-electron chi connectivity index (χ1n) is 8.80. The molecule has 6 nitrogen and oxygen atoms in total. The first-order valence-corrected chi connectivity index (χ1v) is 10.7. The second kappa shape index (κ2) is 8.06. The monoisotopic (exact) mass is 397 g/mol. The van der Waals surface area contributed by atoms with Gasteiger partial charge in [-0.2, -0.15) is 0 Å². The summed E-state index contributed by atoms with van der Waals surface area (Å²) in [6.45, 7) is 3.57. The summed E-state index contributed by atoms with van der Waals surface area (Å²) in [5.74, 6) is 0.234. The van der Waals surface area contributed by atoms with Crippen molar-refractivity contribution >= 4 is 51.1 Å². The zero-order valence-corrected chi connectivity index (χ0v) is 16.5. The van der Waals surface area contributed by atoms with Crippen molar-refractivity contribution in [2.24, 2.45) is 0 Å². The van der Waals surface area contributed by atoms with Crippen LogP contribution in [0.3, 0.4) is 0 Å². The summed E-state index contributed by atoms with van der Waals surface area (Å²) in [5.41, 5.74) is 2.76. The largest absolute Gasteiger partial charge is 0.350 e. The van der Waals surface area contributed by atoms with E-state index in [1.807, 2.05) is 35.7 Å². The van der Waals surface area contributed by atoms with E-state index < -0.39 is 0 Å². The van der Waals surface area contributed by atoms with Crippen LogP contribution in [0.2, 0.25) is 0 Å². The van der Waals surface area contributed by atoms with E-state index in [9.17, 15) is 4.79 Å². The second-order valence-corrected chi connectivity index (χ2v) is 8.05. The number of rotatable bonds is 7. The molecule has 0 aliphatic rings. The van der Waals surface area contributed by atoms with Crippen molar-refractivity contribution < 1.29 is 4.79 Å². The second-order valence-electron chi connectivity index (χ2n) is 6.08. The Balaban J connectivity index is 1.51. The molecule has 0 saturated carbocycles. The minimum atomic E-state index is -0.0359. The number of nitrogens with zero attached hydrogens (tertiary/aromatic N) is 4. The van der Waals surface area contributed by atoms with Crippen LogP contribution >= 0.6 is 23.1 Å². The van der Waals surface area contributed by atoms with E-state index in [0.29, 0.717) is 11.7 Å². The van der Waals surface area contributed by atoms with Crippen LogP contribution in [0.25, 0.3) is 22.1 Å². The van der Waals surface area contributed by atoms with E-state index in [1.54, 1.807) is 11.3 Å². The number of amides is 1. The van der Waals surface area contributed by atoms with Crippen molar-refractivity contribution in [3.63, 3.8) is 0 Å². The number of fused-ring (bicyclic) bond motifs is 3. The van der Waals surface area contributed by atoms with Gasteiger partial charge in [0.2, 0.25) is 11.1 Å². The van der Waals surface area contributed by atoms with Gasteiger partial charge in [0.15, 0.2) is 5.65 Å². The molecule has 0 fully saturated rings. The number of nitrogens with one attached hydrogen (secondary N) is 1. The van der Waals surface area contributed by atoms with Gasteiger partial charge in [-0.3, -0.25) is 4.79 Å². The molecule has 1 aromatic carbocycles. The van der Waals surface area contributed by atoms with E-state index in [1.165, 1.54) is 11.8 Å². The highest BCUT2D eigenvalue weighted by atomic mass is 32.2. The van der Waals surface area contributed by atoms with Crippen LogP contribution in [0.5, 0.6) is 0 Å². The highest BCUT2D eigenvalue weighted by Crippen LogP contribution is 2.27. The van der Waals surface area contributed by atoms with Gasteiger partial charge in [0.1, 0.15) is 5.52 Å². The molecule has 3 aromatic heterocycles. The Kier molecular flexibility index (Phi) is 5.35. The number of thioether (sulfide) groups is 1. The van der Waals surface area contributed by atoms with E-state index in [-0.39, 0.29) is 11.7 Å². The molecule has 0 unspecified atom stereocenters. The van der Waals surface area contributed by atoms with E-state index in [2.05, 4.69) is 38.1 Å². The number of carbonyl (C=O) groups excluding carboxylic acids is 1. The average molecular weight is 398 g/mol. The standard InChI is InChI=1S/C19H19N5OS2/c1-2-9-24-15-8-4-3-7-14(15)17-18(24)21-19(23-22-17)27-12-16(25)20-11-13-6-5-10-26-13/h3-8,10H,2,9,11-12H2,1H3,(H,20,25). The smallest absolute Gasteiger partial charge is 0.230 e. The summed E-state index contributed by atoms with van der Waals surface area (Å²) in [6.07, 6.45) is 1.01. The molecular weight excluding hydrogens is 378 g/mol. The quantitative estimate of drug-likeness (QED) is 0.480. The lowest BCUT2D eigenvalue weighted by Gasteiger charge is -2.05. The number of hydrogen-bond acceptors (Lipinski definition) is 6. The zero-order chi connectivity index (χ0) is 18.6. The van der Waals surface area contributed by atoms with E-state index in [0.717, 1.165) is 39.9 Å². The maximum absolute atomic E-state index is 12.1. The lowest BCUT2D eigenvalue weighted by Crippen LogP contribution is -2.24. The maximum atomic E-state index is 12.1. The van der Waals surface area contributed by atoms with Gasteiger partial charge in [0, 0.05) is 16.8 Å². The molecule has 4 aromatic rings. The number of hydrogen-bond donors (Lipinski definition) is 1. The molecule has 0 aliphatic heterocycles. The van der Waals surface area contributed by atoms with E-state index in [4.69, 9.17) is 0 Å². The lowest BCUT2D eigenvalue weighted by atomic mass is 10.2. The Bertz CT molecular complexity index is 1070. The molecule has 3 heterocycles. The summed E-state index contributed by atoms with van der Waals surface area (Å²) in [6, 6.07) is 12.1. The Morgan fingerprint density at radius 1 is 1.22 bits per heavy atom. The predicted molar refractivity (Wildman–Crippen MR) is 110 cm³/mol. The van der Waals surface area contributed by atoms with E-state index >= 15 is 0 Å². The first-order chi connectivity index (χ1) is 13.3. The lowest BCUT2D eigenvalue weighted by molar-refractivity contribution is -0.118. The third-order valence-corrected chi connectivity index (χ3v) is 5.89. The Hall–Kier alpha value is -2.45. The highest BCUT2D eigenvalue weighted by molar-refractivity contribution is 7.99. The molecule has 0 aliphatic carbocycles. The summed E-state index contributed by atoms with van der Waals surface area (Å²) in [4.78, 5) is 17.9. The van der Waals surface area contributed by atoms with Crippen LogP contribution in [0, 0.1) is 0 Å². The van der Waals surface area contributed by atoms with Gasteiger partial charge in [-0.05, 0) is 23.9 Å². The molecule has 138 valence electrons. The Morgan fingerprint density at radius 2 is 2.11 bits per heavy atom. The summed E-state index contributed by atoms with van der Waals surface area (Å²) in [5, 5.41) is 15.1. The van der Waals surface area contributed by atoms with Gasteiger partial charge < -0.3 is 9.88 Å². The summed E-state index contributed by atoms with van der Waals surface area (Å²) >= 11 is 2.94. The molecule has 27 heavy (non-hydrogen) atoms. The number of benzene rings is 1. The molecular formula is C19H19N5OS2.